The zero-order valence-electron chi connectivity index (χ0n) is 15.4. The van der Waals surface area contributed by atoms with Crippen molar-refractivity contribution in [1.82, 2.24) is 14.8 Å². The fourth-order valence-electron chi connectivity index (χ4n) is 3.31. The molecule has 0 fully saturated rings. The Kier molecular flexibility index (Phi) is 4.49. The van der Waals surface area contributed by atoms with Crippen LogP contribution in [0, 0.1) is 0 Å². The number of esters is 1. The summed E-state index contributed by atoms with van der Waals surface area (Å²) in [5, 5.41) is 7.37. The van der Waals surface area contributed by atoms with Gasteiger partial charge in [-0.25, -0.2) is 9.48 Å². The number of allylic oxidation sites excluding steroid dienone is 2. The zero-order chi connectivity index (χ0) is 19.7. The van der Waals surface area contributed by atoms with E-state index in [9.17, 15) is 9.59 Å². The van der Waals surface area contributed by atoms with Gasteiger partial charge in [-0.05, 0) is 43.7 Å². The third kappa shape index (κ3) is 3.18. The summed E-state index contributed by atoms with van der Waals surface area (Å²) in [5.74, 6) is 0.534. The van der Waals surface area contributed by atoms with Gasteiger partial charge in [0, 0.05) is 11.3 Å². The first-order valence-corrected chi connectivity index (χ1v) is 8.80. The highest BCUT2D eigenvalue weighted by molar-refractivity contribution is 5.96. The highest BCUT2D eigenvalue weighted by Gasteiger charge is 2.31. The first kappa shape index (κ1) is 17.7. The summed E-state index contributed by atoms with van der Waals surface area (Å²) in [6, 6.07) is 15.5. The van der Waals surface area contributed by atoms with Crippen LogP contribution >= 0.6 is 0 Å². The summed E-state index contributed by atoms with van der Waals surface area (Å²) in [5.41, 5.74) is 2.69. The van der Waals surface area contributed by atoms with Crippen LogP contribution in [0.5, 0.6) is 5.75 Å². The minimum absolute atomic E-state index is 0.0456. The van der Waals surface area contributed by atoms with Crippen LogP contribution < -0.4 is 10.1 Å². The smallest absolute Gasteiger partial charge is 0.343 e. The molecule has 1 aliphatic heterocycles. The summed E-state index contributed by atoms with van der Waals surface area (Å²) < 4.78 is 7.10. The van der Waals surface area contributed by atoms with Crippen LogP contribution in [0.3, 0.4) is 0 Å². The molecule has 0 saturated carbocycles. The zero-order valence-corrected chi connectivity index (χ0v) is 15.4. The standard InChI is InChI=1S/C21H18N4O3/c1-13-18(14(2)26)19(25-21(24-13)22-12-23-25)15-8-10-17(11-9-15)28-20(27)16-6-4-3-5-7-16/h3-12,19H,1-2H3,(H,22,23,24)/t19-/m0/s1. The van der Waals surface area contributed by atoms with E-state index in [-0.39, 0.29) is 5.78 Å². The second-order valence-electron chi connectivity index (χ2n) is 6.48. The van der Waals surface area contributed by atoms with Crippen molar-refractivity contribution in [3.05, 3.63) is 83.3 Å². The maximum absolute atomic E-state index is 12.3. The third-order valence-corrected chi connectivity index (χ3v) is 4.59. The third-order valence-electron chi connectivity index (χ3n) is 4.59. The first-order valence-electron chi connectivity index (χ1n) is 8.80. The van der Waals surface area contributed by atoms with Crippen molar-refractivity contribution in [3.8, 4) is 5.75 Å². The molecule has 0 radical (unpaired) electrons. The number of aromatic nitrogens is 3. The molecule has 0 amide bonds. The predicted molar refractivity (Wildman–Crippen MR) is 103 cm³/mol. The van der Waals surface area contributed by atoms with E-state index in [0.29, 0.717) is 22.8 Å². The summed E-state index contributed by atoms with van der Waals surface area (Å²) in [6.07, 6.45) is 1.45. The summed E-state index contributed by atoms with van der Waals surface area (Å²) in [7, 11) is 0. The van der Waals surface area contributed by atoms with E-state index in [2.05, 4.69) is 15.4 Å². The molecule has 1 aromatic heterocycles. The van der Waals surface area contributed by atoms with Crippen molar-refractivity contribution in [2.75, 3.05) is 5.32 Å². The van der Waals surface area contributed by atoms with Crippen molar-refractivity contribution in [2.24, 2.45) is 0 Å². The van der Waals surface area contributed by atoms with Gasteiger partial charge in [0.15, 0.2) is 5.78 Å². The van der Waals surface area contributed by atoms with Crippen LogP contribution in [0.15, 0.2) is 72.2 Å². The van der Waals surface area contributed by atoms with Gasteiger partial charge < -0.3 is 10.1 Å². The van der Waals surface area contributed by atoms with Crippen molar-refractivity contribution in [1.29, 1.82) is 0 Å². The van der Waals surface area contributed by atoms with Crippen molar-refractivity contribution in [3.63, 3.8) is 0 Å². The molecule has 4 rings (SSSR count). The van der Waals surface area contributed by atoms with E-state index in [1.165, 1.54) is 13.3 Å². The molecule has 0 spiro atoms. The van der Waals surface area contributed by atoms with E-state index >= 15 is 0 Å². The maximum atomic E-state index is 12.3. The molecule has 0 unspecified atom stereocenters. The van der Waals surface area contributed by atoms with Gasteiger partial charge in [0.1, 0.15) is 18.1 Å². The molecule has 1 aliphatic rings. The number of carbonyl (C=O) groups excluding carboxylic acids is 2. The number of fused-ring (bicyclic) bond motifs is 1. The van der Waals surface area contributed by atoms with Crippen molar-refractivity contribution in [2.45, 2.75) is 19.9 Å². The lowest BCUT2D eigenvalue weighted by Gasteiger charge is -2.28. The average Bonchev–Trinajstić information content (AvgIpc) is 3.16. The Morgan fingerprint density at radius 2 is 1.79 bits per heavy atom. The number of rotatable bonds is 4. The second-order valence-corrected chi connectivity index (χ2v) is 6.48. The molecular weight excluding hydrogens is 356 g/mol. The van der Waals surface area contributed by atoms with Crippen LogP contribution in [0.4, 0.5) is 5.95 Å². The number of Topliss-reactive ketones (excluding diaryl/α,β-unsaturated/α-hetero) is 1. The number of nitrogens with one attached hydrogen (secondary N) is 1. The number of hydrogen-bond donors (Lipinski definition) is 1. The molecule has 0 bridgehead atoms. The summed E-state index contributed by atoms with van der Waals surface area (Å²) in [6.45, 7) is 3.38. The van der Waals surface area contributed by atoms with E-state index in [4.69, 9.17) is 4.74 Å². The number of benzene rings is 2. The minimum Gasteiger partial charge on any atom is -0.423 e. The van der Waals surface area contributed by atoms with Crippen LogP contribution in [-0.2, 0) is 4.79 Å². The molecular formula is C21H18N4O3. The Morgan fingerprint density at radius 1 is 1.07 bits per heavy atom. The van der Waals surface area contributed by atoms with Gasteiger partial charge in [-0.1, -0.05) is 30.3 Å². The van der Waals surface area contributed by atoms with Crippen molar-refractivity contribution < 1.29 is 14.3 Å². The molecule has 0 aliphatic carbocycles. The molecule has 7 nitrogen and oxygen atoms in total. The maximum Gasteiger partial charge on any atom is 0.343 e. The SMILES string of the molecule is CC(=O)C1=C(C)Nc2ncnn2[C@H]1c1ccc(OC(=O)c2ccccc2)cc1. The van der Waals surface area contributed by atoms with Gasteiger partial charge in [-0.2, -0.15) is 10.1 Å². The van der Waals surface area contributed by atoms with Gasteiger partial charge in [0.05, 0.1) is 5.56 Å². The minimum atomic E-state index is -0.422. The van der Waals surface area contributed by atoms with Gasteiger partial charge in [0.25, 0.3) is 0 Å². The van der Waals surface area contributed by atoms with Gasteiger partial charge >= 0.3 is 5.97 Å². The van der Waals surface area contributed by atoms with E-state index in [0.717, 1.165) is 11.3 Å². The van der Waals surface area contributed by atoms with E-state index in [1.807, 2.05) is 25.1 Å². The number of ketones is 1. The largest absolute Gasteiger partial charge is 0.423 e. The Labute approximate surface area is 161 Å². The lowest BCUT2D eigenvalue weighted by atomic mass is 9.93. The number of nitrogens with zero attached hydrogens (tertiary/aromatic N) is 3. The van der Waals surface area contributed by atoms with E-state index < -0.39 is 12.0 Å². The normalized spacial score (nSPS) is 15.6. The van der Waals surface area contributed by atoms with Gasteiger partial charge in [-0.15, -0.1) is 0 Å². The number of carbonyl (C=O) groups is 2. The number of anilines is 1. The molecule has 2 heterocycles. The second kappa shape index (κ2) is 7.11. The van der Waals surface area contributed by atoms with E-state index in [1.54, 1.807) is 41.1 Å². The molecule has 1 N–H and O–H groups in total. The van der Waals surface area contributed by atoms with Crippen LogP contribution in [0.2, 0.25) is 0 Å². The lowest BCUT2D eigenvalue weighted by Crippen LogP contribution is -2.27. The van der Waals surface area contributed by atoms with Crippen LogP contribution in [0.25, 0.3) is 0 Å². The molecule has 140 valence electrons. The molecule has 7 heteroatoms. The number of hydrogen-bond acceptors (Lipinski definition) is 6. The Morgan fingerprint density at radius 3 is 2.46 bits per heavy atom. The molecule has 2 aromatic carbocycles. The Balaban J connectivity index is 1.63. The monoisotopic (exact) mass is 374 g/mol. The van der Waals surface area contributed by atoms with Crippen LogP contribution in [0.1, 0.15) is 35.8 Å². The van der Waals surface area contributed by atoms with Crippen LogP contribution in [-0.4, -0.2) is 26.5 Å². The molecule has 28 heavy (non-hydrogen) atoms. The quantitative estimate of drug-likeness (QED) is 0.557. The fourth-order valence-corrected chi connectivity index (χ4v) is 3.31. The first-order chi connectivity index (χ1) is 13.5. The van der Waals surface area contributed by atoms with Crippen molar-refractivity contribution >= 4 is 17.7 Å². The highest BCUT2D eigenvalue weighted by Crippen LogP contribution is 2.35. The topological polar surface area (TPSA) is 86.1 Å². The highest BCUT2D eigenvalue weighted by atomic mass is 16.5. The van der Waals surface area contributed by atoms with Gasteiger partial charge in [-0.3, -0.25) is 4.79 Å². The molecule has 0 saturated heterocycles. The summed E-state index contributed by atoms with van der Waals surface area (Å²) >= 11 is 0. The fraction of sp³-hybridized carbons (Fsp3) is 0.143. The molecule has 1 atom stereocenters. The lowest BCUT2D eigenvalue weighted by molar-refractivity contribution is -0.114. The Hall–Kier alpha value is -3.74. The molecule has 3 aromatic rings. The Bertz CT molecular complexity index is 1070. The predicted octanol–water partition coefficient (Wildman–Crippen LogP) is 3.38. The summed E-state index contributed by atoms with van der Waals surface area (Å²) in [4.78, 5) is 28.7. The number of ether oxygens (including phenoxy) is 1. The average molecular weight is 374 g/mol. The van der Waals surface area contributed by atoms with Gasteiger partial charge in [0.2, 0.25) is 5.95 Å².